The Morgan fingerprint density at radius 3 is 2.53 bits per heavy atom. The zero-order valence-corrected chi connectivity index (χ0v) is 11.3. The maximum Gasteiger partial charge on any atom is 0.0409 e. The molecule has 0 saturated heterocycles. The molecule has 0 heterocycles. The summed E-state index contributed by atoms with van der Waals surface area (Å²) in [4.78, 5) is 0. The second kappa shape index (κ2) is 5.10. The van der Waals surface area contributed by atoms with Gasteiger partial charge in [0.05, 0.1) is 0 Å². The molecule has 1 aromatic carbocycles. The Kier molecular flexibility index (Phi) is 3.73. The molecule has 1 aromatic rings. The monoisotopic (exact) mass is 246 g/mol. The van der Waals surface area contributed by atoms with E-state index in [1.165, 1.54) is 11.1 Å². The van der Waals surface area contributed by atoms with Crippen LogP contribution in [0.1, 0.15) is 38.7 Å². The van der Waals surface area contributed by atoms with Gasteiger partial charge in [-0.05, 0) is 42.5 Å². The van der Waals surface area contributed by atoms with Crippen LogP contribution in [0.3, 0.4) is 0 Å². The highest BCUT2D eigenvalue weighted by Crippen LogP contribution is 2.41. The normalized spacial score (nSPS) is 15.1. The van der Waals surface area contributed by atoms with Crippen molar-refractivity contribution in [2.45, 2.75) is 38.5 Å². The quantitative estimate of drug-likeness (QED) is 0.678. The molecule has 0 spiro atoms. The predicted octanol–water partition coefficient (Wildman–Crippen LogP) is 5.28. The Morgan fingerprint density at radius 1 is 1.24 bits per heavy atom. The van der Waals surface area contributed by atoms with Gasteiger partial charge in [-0.15, -0.1) is 0 Å². The zero-order chi connectivity index (χ0) is 12.3. The highest BCUT2D eigenvalue weighted by molar-refractivity contribution is 6.30. The van der Waals surface area contributed by atoms with E-state index < -0.39 is 0 Å². The molecule has 90 valence electrons. The van der Waals surface area contributed by atoms with Crippen LogP contribution in [0.2, 0.25) is 5.02 Å². The molecule has 0 unspecified atom stereocenters. The molecule has 0 saturated carbocycles. The third-order valence-electron chi connectivity index (χ3n) is 3.91. The summed E-state index contributed by atoms with van der Waals surface area (Å²) in [5.74, 6) is 0. The van der Waals surface area contributed by atoms with Crippen LogP contribution in [0, 0.1) is 0 Å². The van der Waals surface area contributed by atoms with Gasteiger partial charge in [0.1, 0.15) is 0 Å². The van der Waals surface area contributed by atoms with Crippen LogP contribution in [-0.4, -0.2) is 0 Å². The summed E-state index contributed by atoms with van der Waals surface area (Å²) in [6.07, 6.45) is 10.1. The van der Waals surface area contributed by atoms with Crippen molar-refractivity contribution in [3.05, 3.63) is 58.7 Å². The Labute approximate surface area is 109 Å². The number of hydrogen-bond donors (Lipinski definition) is 0. The van der Waals surface area contributed by atoms with Gasteiger partial charge in [-0.3, -0.25) is 0 Å². The highest BCUT2D eigenvalue weighted by Gasteiger charge is 2.32. The fourth-order valence-electron chi connectivity index (χ4n) is 2.83. The SMILES string of the molecule is CCC(CC)(C1=CCC=C1)c1cccc(Cl)c1. The predicted molar refractivity (Wildman–Crippen MR) is 75.6 cm³/mol. The van der Waals surface area contributed by atoms with Crippen molar-refractivity contribution in [3.8, 4) is 0 Å². The lowest BCUT2D eigenvalue weighted by atomic mass is 9.70. The lowest BCUT2D eigenvalue weighted by molar-refractivity contribution is 0.477. The first-order valence-corrected chi connectivity index (χ1v) is 6.74. The molecule has 2 rings (SSSR count). The first-order chi connectivity index (χ1) is 8.23. The first kappa shape index (κ1) is 12.4. The van der Waals surface area contributed by atoms with E-state index >= 15 is 0 Å². The maximum atomic E-state index is 6.13. The summed E-state index contributed by atoms with van der Waals surface area (Å²) in [5, 5.41) is 0.830. The third kappa shape index (κ3) is 2.19. The molecule has 0 atom stereocenters. The van der Waals surface area contributed by atoms with E-state index in [9.17, 15) is 0 Å². The molecular weight excluding hydrogens is 228 g/mol. The molecule has 17 heavy (non-hydrogen) atoms. The van der Waals surface area contributed by atoms with Gasteiger partial charge < -0.3 is 0 Å². The fourth-order valence-corrected chi connectivity index (χ4v) is 3.02. The third-order valence-corrected chi connectivity index (χ3v) is 4.14. The second-order valence-corrected chi connectivity index (χ2v) is 5.03. The number of halogens is 1. The number of benzene rings is 1. The van der Waals surface area contributed by atoms with E-state index in [0.717, 1.165) is 24.3 Å². The average Bonchev–Trinajstić information content (AvgIpc) is 2.86. The van der Waals surface area contributed by atoms with Crippen molar-refractivity contribution >= 4 is 11.6 Å². The zero-order valence-electron chi connectivity index (χ0n) is 10.5. The molecule has 1 aliphatic rings. The molecule has 1 heteroatoms. The Balaban J connectivity index is 2.50. The van der Waals surface area contributed by atoms with Gasteiger partial charge >= 0.3 is 0 Å². The highest BCUT2D eigenvalue weighted by atomic mass is 35.5. The van der Waals surface area contributed by atoms with Crippen molar-refractivity contribution in [3.63, 3.8) is 0 Å². The van der Waals surface area contributed by atoms with Gasteiger partial charge in [0.2, 0.25) is 0 Å². The molecule has 0 fully saturated rings. The molecule has 1 aliphatic carbocycles. The molecule has 0 amide bonds. The molecule has 0 aliphatic heterocycles. The van der Waals surface area contributed by atoms with Gasteiger partial charge in [0.15, 0.2) is 0 Å². The van der Waals surface area contributed by atoms with Gasteiger partial charge in [0, 0.05) is 10.4 Å². The van der Waals surface area contributed by atoms with Crippen molar-refractivity contribution in [2.24, 2.45) is 0 Å². The van der Waals surface area contributed by atoms with Crippen LogP contribution < -0.4 is 0 Å². The minimum atomic E-state index is 0.137. The minimum absolute atomic E-state index is 0.137. The lowest BCUT2D eigenvalue weighted by Crippen LogP contribution is -2.26. The standard InChI is InChI=1S/C16H19Cl/c1-3-16(4-2,13-8-5-6-9-13)14-10-7-11-15(17)12-14/h5,7-12H,3-4,6H2,1-2H3. The summed E-state index contributed by atoms with van der Waals surface area (Å²) >= 11 is 6.13. The number of rotatable bonds is 4. The minimum Gasteiger partial charge on any atom is -0.0843 e. The number of allylic oxidation sites excluding steroid dienone is 4. The van der Waals surface area contributed by atoms with Crippen molar-refractivity contribution in [2.75, 3.05) is 0 Å². The van der Waals surface area contributed by atoms with Crippen LogP contribution in [0.4, 0.5) is 0 Å². The summed E-state index contributed by atoms with van der Waals surface area (Å²) in [7, 11) is 0. The van der Waals surface area contributed by atoms with Crippen LogP contribution in [0.25, 0.3) is 0 Å². The van der Waals surface area contributed by atoms with E-state index in [1.54, 1.807) is 0 Å². The van der Waals surface area contributed by atoms with Crippen molar-refractivity contribution in [1.29, 1.82) is 0 Å². The largest absolute Gasteiger partial charge is 0.0843 e. The van der Waals surface area contributed by atoms with Gasteiger partial charge in [-0.25, -0.2) is 0 Å². The van der Waals surface area contributed by atoms with Gasteiger partial charge in [0.25, 0.3) is 0 Å². The van der Waals surface area contributed by atoms with E-state index in [4.69, 9.17) is 11.6 Å². The topological polar surface area (TPSA) is 0 Å². The van der Waals surface area contributed by atoms with E-state index in [-0.39, 0.29) is 5.41 Å². The maximum absolute atomic E-state index is 6.13. The molecule has 0 aromatic heterocycles. The van der Waals surface area contributed by atoms with Crippen molar-refractivity contribution < 1.29 is 0 Å². The van der Waals surface area contributed by atoms with Crippen molar-refractivity contribution in [1.82, 2.24) is 0 Å². The summed E-state index contributed by atoms with van der Waals surface area (Å²) in [5.41, 5.74) is 2.93. The van der Waals surface area contributed by atoms with E-state index in [0.29, 0.717) is 0 Å². The van der Waals surface area contributed by atoms with Crippen LogP contribution in [-0.2, 0) is 5.41 Å². The van der Waals surface area contributed by atoms with Crippen LogP contribution in [0.5, 0.6) is 0 Å². The van der Waals surface area contributed by atoms with E-state index in [2.05, 4.69) is 50.3 Å². The van der Waals surface area contributed by atoms with Gasteiger partial charge in [-0.2, -0.15) is 0 Å². The number of hydrogen-bond acceptors (Lipinski definition) is 0. The van der Waals surface area contributed by atoms with E-state index in [1.807, 2.05) is 6.07 Å². The average molecular weight is 247 g/mol. The Morgan fingerprint density at radius 2 is 2.00 bits per heavy atom. The lowest BCUT2D eigenvalue weighted by Gasteiger charge is -2.33. The summed E-state index contributed by atoms with van der Waals surface area (Å²) in [6.45, 7) is 4.52. The Bertz CT molecular complexity index is 450. The smallest absolute Gasteiger partial charge is 0.0409 e. The molecule has 0 radical (unpaired) electrons. The Hall–Kier alpha value is -1.01. The molecular formula is C16H19Cl. The summed E-state index contributed by atoms with van der Waals surface area (Å²) < 4.78 is 0. The molecule has 0 bridgehead atoms. The van der Waals surface area contributed by atoms with Gasteiger partial charge in [-0.1, -0.05) is 55.8 Å². The molecule has 0 nitrogen and oxygen atoms in total. The first-order valence-electron chi connectivity index (χ1n) is 6.36. The van der Waals surface area contributed by atoms with Crippen LogP contribution in [0.15, 0.2) is 48.1 Å². The fraction of sp³-hybridized carbons (Fsp3) is 0.375. The van der Waals surface area contributed by atoms with Crippen LogP contribution >= 0.6 is 11.6 Å². The summed E-state index contributed by atoms with van der Waals surface area (Å²) in [6, 6.07) is 8.31. The second-order valence-electron chi connectivity index (χ2n) is 4.60. The molecule has 0 N–H and O–H groups in total.